The predicted octanol–water partition coefficient (Wildman–Crippen LogP) is 1.06. The van der Waals surface area contributed by atoms with E-state index in [0.717, 1.165) is 3.57 Å². The molecule has 9 heteroatoms. The van der Waals surface area contributed by atoms with Gasteiger partial charge in [-0.3, -0.25) is 10.2 Å². The summed E-state index contributed by atoms with van der Waals surface area (Å²) >= 11 is 2.16. The van der Waals surface area contributed by atoms with Crippen LogP contribution in [0.15, 0.2) is 58.4 Å². The summed E-state index contributed by atoms with van der Waals surface area (Å²) in [5, 5.41) is 33.5. The van der Waals surface area contributed by atoms with Gasteiger partial charge in [-0.05, 0) is 59.0 Å². The lowest BCUT2D eigenvalue weighted by molar-refractivity contribution is 0.0185. The molecule has 2 aromatic carbocycles. The maximum Gasteiger partial charge on any atom is 0.276 e. The molecule has 27 heavy (non-hydrogen) atoms. The van der Waals surface area contributed by atoms with Gasteiger partial charge in [-0.1, -0.05) is 12.1 Å². The number of H-pyrrole nitrogens is 1. The zero-order valence-electron chi connectivity index (χ0n) is 14.0. The molecule has 5 N–H and O–H groups in total. The number of hydrogen-bond acceptors (Lipinski definition) is 7. The number of aromatic amines is 1. The minimum Gasteiger partial charge on any atom is -0.394 e. The number of halogens is 1. The zero-order valence-corrected chi connectivity index (χ0v) is 16.2. The standard InChI is InChI=1S/C18H17IN4O4/c19-10-5-7-11(8-6-10)22-23-15(17(26)14(25)9-24)16-18(27)21-13-4-2-1-3-12(13)20-16/h1-8,14,17,22,24-26H,9H2,(H,21,27). The van der Waals surface area contributed by atoms with Gasteiger partial charge in [-0.15, -0.1) is 0 Å². The molecular weight excluding hydrogens is 463 g/mol. The number of aromatic nitrogens is 2. The van der Waals surface area contributed by atoms with Gasteiger partial charge in [-0.25, -0.2) is 4.98 Å². The minimum atomic E-state index is -1.61. The van der Waals surface area contributed by atoms with E-state index >= 15 is 0 Å². The van der Waals surface area contributed by atoms with Crippen LogP contribution in [0.2, 0.25) is 0 Å². The molecule has 0 amide bonds. The second kappa shape index (κ2) is 8.57. The molecule has 1 heterocycles. The Morgan fingerprint density at radius 1 is 1.19 bits per heavy atom. The molecule has 0 spiro atoms. The van der Waals surface area contributed by atoms with Crippen LogP contribution < -0.4 is 11.0 Å². The van der Waals surface area contributed by atoms with E-state index in [1.54, 1.807) is 36.4 Å². The van der Waals surface area contributed by atoms with E-state index in [1.165, 1.54) is 0 Å². The van der Waals surface area contributed by atoms with Crippen molar-refractivity contribution >= 4 is 45.0 Å². The number of para-hydroxylation sites is 2. The van der Waals surface area contributed by atoms with Gasteiger partial charge in [0.2, 0.25) is 0 Å². The van der Waals surface area contributed by atoms with Gasteiger partial charge in [-0.2, -0.15) is 5.10 Å². The quantitative estimate of drug-likeness (QED) is 0.204. The Morgan fingerprint density at radius 3 is 2.59 bits per heavy atom. The van der Waals surface area contributed by atoms with E-state index in [1.807, 2.05) is 12.1 Å². The normalized spacial score (nSPS) is 14.1. The van der Waals surface area contributed by atoms with Crippen molar-refractivity contribution in [1.82, 2.24) is 9.97 Å². The lowest BCUT2D eigenvalue weighted by atomic mass is 10.1. The van der Waals surface area contributed by atoms with Gasteiger partial charge in [0, 0.05) is 3.57 Å². The fraction of sp³-hybridized carbons (Fsp3) is 0.167. The molecule has 1 aromatic heterocycles. The van der Waals surface area contributed by atoms with Crippen molar-refractivity contribution in [3.63, 3.8) is 0 Å². The molecule has 2 unspecified atom stereocenters. The van der Waals surface area contributed by atoms with Crippen molar-refractivity contribution in [3.8, 4) is 0 Å². The zero-order chi connectivity index (χ0) is 19.4. The summed E-state index contributed by atoms with van der Waals surface area (Å²) in [4.78, 5) is 19.4. The number of hydrazone groups is 1. The van der Waals surface area contributed by atoms with Gasteiger partial charge in [0.1, 0.15) is 17.9 Å². The topological polar surface area (TPSA) is 131 Å². The summed E-state index contributed by atoms with van der Waals surface area (Å²) in [5.41, 5.74) is 3.51. The van der Waals surface area contributed by atoms with Gasteiger partial charge in [0.15, 0.2) is 5.69 Å². The Morgan fingerprint density at radius 2 is 1.89 bits per heavy atom. The first-order valence-corrected chi connectivity index (χ1v) is 9.13. The van der Waals surface area contributed by atoms with E-state index in [-0.39, 0.29) is 11.4 Å². The van der Waals surface area contributed by atoms with Crippen LogP contribution in [0.25, 0.3) is 11.0 Å². The van der Waals surface area contributed by atoms with Crippen molar-refractivity contribution in [3.05, 3.63) is 68.1 Å². The molecule has 2 atom stereocenters. The fourth-order valence-corrected chi connectivity index (χ4v) is 2.75. The largest absolute Gasteiger partial charge is 0.394 e. The Hall–Kier alpha value is -2.34. The van der Waals surface area contributed by atoms with Crippen LogP contribution in [0, 0.1) is 3.57 Å². The third-order valence-corrected chi connectivity index (χ3v) is 4.54. The van der Waals surface area contributed by atoms with E-state index in [2.05, 4.69) is 43.1 Å². The lowest BCUT2D eigenvalue weighted by Gasteiger charge is -2.17. The minimum absolute atomic E-state index is 0.147. The number of nitrogens with zero attached hydrogens (tertiary/aromatic N) is 2. The molecule has 0 fully saturated rings. The summed E-state index contributed by atoms with van der Waals surface area (Å²) in [6.07, 6.45) is -3.13. The average Bonchev–Trinajstić information content (AvgIpc) is 2.68. The SMILES string of the molecule is O=c1[nH]c2ccccc2nc1C(=NNc1ccc(I)cc1)C(O)C(O)CO. The molecule has 0 aliphatic carbocycles. The van der Waals surface area contributed by atoms with Crippen molar-refractivity contribution < 1.29 is 15.3 Å². The third-order valence-electron chi connectivity index (χ3n) is 3.82. The first kappa shape index (κ1) is 19.4. The lowest BCUT2D eigenvalue weighted by Crippen LogP contribution is -2.40. The van der Waals surface area contributed by atoms with Gasteiger partial charge in [0.25, 0.3) is 5.56 Å². The van der Waals surface area contributed by atoms with Gasteiger partial charge >= 0.3 is 0 Å². The maximum absolute atomic E-state index is 12.5. The summed E-state index contributed by atoms with van der Waals surface area (Å²) in [7, 11) is 0. The summed E-state index contributed by atoms with van der Waals surface area (Å²) in [6, 6.07) is 14.2. The Balaban J connectivity index is 2.06. The van der Waals surface area contributed by atoms with E-state index in [0.29, 0.717) is 16.7 Å². The highest BCUT2D eigenvalue weighted by atomic mass is 127. The molecule has 0 aliphatic heterocycles. The first-order valence-electron chi connectivity index (χ1n) is 8.05. The van der Waals surface area contributed by atoms with Crippen LogP contribution in [-0.4, -0.2) is 49.8 Å². The second-order valence-corrected chi connectivity index (χ2v) is 6.99. The molecule has 3 rings (SSSR count). The number of nitrogens with one attached hydrogen (secondary N) is 2. The molecular formula is C18H17IN4O4. The Labute approximate surface area is 167 Å². The fourth-order valence-electron chi connectivity index (χ4n) is 2.39. The van der Waals surface area contributed by atoms with Gasteiger partial charge < -0.3 is 20.3 Å². The van der Waals surface area contributed by atoms with Crippen LogP contribution in [-0.2, 0) is 0 Å². The molecule has 0 saturated carbocycles. The number of aliphatic hydroxyl groups is 3. The molecule has 0 saturated heterocycles. The number of fused-ring (bicyclic) bond motifs is 1. The van der Waals surface area contributed by atoms with Crippen molar-refractivity contribution in [2.45, 2.75) is 12.2 Å². The summed E-state index contributed by atoms with van der Waals surface area (Å²) < 4.78 is 1.03. The molecule has 0 bridgehead atoms. The monoisotopic (exact) mass is 480 g/mol. The van der Waals surface area contributed by atoms with Crippen LogP contribution in [0.4, 0.5) is 5.69 Å². The second-order valence-electron chi connectivity index (χ2n) is 5.74. The highest BCUT2D eigenvalue weighted by Gasteiger charge is 2.26. The molecule has 8 nitrogen and oxygen atoms in total. The van der Waals surface area contributed by atoms with Crippen molar-refractivity contribution in [1.29, 1.82) is 0 Å². The Bertz CT molecular complexity index is 1020. The van der Waals surface area contributed by atoms with Crippen LogP contribution in [0.1, 0.15) is 5.69 Å². The number of benzene rings is 2. The number of hydrogen-bond donors (Lipinski definition) is 5. The summed E-state index contributed by atoms with van der Waals surface area (Å²) in [6.45, 7) is -0.699. The van der Waals surface area contributed by atoms with E-state index in [9.17, 15) is 15.0 Å². The first-order chi connectivity index (χ1) is 13.0. The number of anilines is 1. The van der Waals surface area contributed by atoms with Crippen LogP contribution >= 0.6 is 22.6 Å². The average molecular weight is 480 g/mol. The van der Waals surface area contributed by atoms with Crippen molar-refractivity contribution in [2.75, 3.05) is 12.0 Å². The van der Waals surface area contributed by atoms with Crippen LogP contribution in [0.3, 0.4) is 0 Å². The number of rotatable bonds is 6. The highest BCUT2D eigenvalue weighted by molar-refractivity contribution is 14.1. The maximum atomic E-state index is 12.5. The summed E-state index contributed by atoms with van der Waals surface area (Å²) in [5.74, 6) is 0. The molecule has 0 aliphatic rings. The van der Waals surface area contributed by atoms with E-state index < -0.39 is 24.4 Å². The van der Waals surface area contributed by atoms with Gasteiger partial charge in [0.05, 0.1) is 23.3 Å². The number of aliphatic hydroxyl groups excluding tert-OH is 3. The third kappa shape index (κ3) is 4.50. The molecule has 0 radical (unpaired) electrons. The molecule has 3 aromatic rings. The van der Waals surface area contributed by atoms with E-state index in [4.69, 9.17) is 5.11 Å². The smallest absolute Gasteiger partial charge is 0.276 e. The highest BCUT2D eigenvalue weighted by Crippen LogP contribution is 2.13. The van der Waals surface area contributed by atoms with Crippen LogP contribution in [0.5, 0.6) is 0 Å². The molecule has 140 valence electrons. The van der Waals surface area contributed by atoms with Crippen molar-refractivity contribution in [2.24, 2.45) is 5.10 Å². The Kier molecular flexibility index (Phi) is 6.16. The predicted molar refractivity (Wildman–Crippen MR) is 111 cm³/mol.